The Hall–Kier alpha value is -1.74. The molecule has 2 heterocycles. The maximum Gasteiger partial charge on any atom is 0.261 e. The summed E-state index contributed by atoms with van der Waals surface area (Å²) in [4.78, 5) is 14.4. The molecule has 0 radical (unpaired) electrons. The molecule has 0 saturated heterocycles. The number of rotatable bonds is 1. The van der Waals surface area contributed by atoms with Gasteiger partial charge in [-0.2, -0.15) is 0 Å². The quantitative estimate of drug-likeness (QED) is 0.792. The molecular formula is C15H14ClNO2. The number of furan rings is 1. The lowest BCUT2D eigenvalue weighted by Gasteiger charge is -2.29. The number of aryl methyl sites for hydroxylation is 2. The predicted molar refractivity (Wildman–Crippen MR) is 74.9 cm³/mol. The van der Waals surface area contributed by atoms with Gasteiger partial charge in [-0.1, -0.05) is 11.6 Å². The molecule has 0 spiro atoms. The van der Waals surface area contributed by atoms with Crippen LogP contribution in [0.25, 0.3) is 0 Å². The summed E-state index contributed by atoms with van der Waals surface area (Å²) in [6.07, 6.45) is 3.47. The Morgan fingerprint density at radius 3 is 2.95 bits per heavy atom. The molecule has 1 aliphatic rings. The molecule has 0 fully saturated rings. The number of hydrogen-bond acceptors (Lipinski definition) is 2. The van der Waals surface area contributed by atoms with Crippen LogP contribution in [0.15, 0.2) is 34.9 Å². The molecule has 0 unspecified atom stereocenters. The van der Waals surface area contributed by atoms with E-state index in [1.165, 1.54) is 0 Å². The molecule has 0 N–H and O–H groups in total. The Bertz CT molecular complexity index is 633. The molecule has 98 valence electrons. The number of halogens is 1. The molecule has 0 saturated carbocycles. The van der Waals surface area contributed by atoms with Crippen molar-refractivity contribution in [2.24, 2.45) is 0 Å². The summed E-state index contributed by atoms with van der Waals surface area (Å²) in [6.45, 7) is 2.54. The molecule has 1 aromatic carbocycles. The summed E-state index contributed by atoms with van der Waals surface area (Å²) in [5.41, 5.74) is 2.72. The molecule has 2 aromatic rings. The highest BCUT2D eigenvalue weighted by atomic mass is 35.5. The molecular weight excluding hydrogens is 262 g/mol. The lowest BCUT2D eigenvalue weighted by molar-refractivity contribution is 0.0983. The van der Waals surface area contributed by atoms with Crippen molar-refractivity contribution in [1.29, 1.82) is 0 Å². The minimum Gasteiger partial charge on any atom is -0.469 e. The first-order valence-corrected chi connectivity index (χ1v) is 6.69. The third kappa shape index (κ3) is 2.15. The Morgan fingerprint density at radius 1 is 1.37 bits per heavy atom. The van der Waals surface area contributed by atoms with Crippen LogP contribution in [0.1, 0.15) is 28.1 Å². The molecule has 0 aliphatic carbocycles. The summed E-state index contributed by atoms with van der Waals surface area (Å²) in [7, 11) is 0. The van der Waals surface area contributed by atoms with Crippen LogP contribution in [-0.4, -0.2) is 12.5 Å². The second kappa shape index (κ2) is 4.74. The highest BCUT2D eigenvalue weighted by Crippen LogP contribution is 2.31. The van der Waals surface area contributed by atoms with Crippen molar-refractivity contribution >= 4 is 23.2 Å². The number of anilines is 1. The van der Waals surface area contributed by atoms with Crippen LogP contribution in [-0.2, 0) is 6.42 Å². The number of hydrogen-bond donors (Lipinski definition) is 0. The van der Waals surface area contributed by atoms with Gasteiger partial charge >= 0.3 is 0 Å². The number of nitrogens with zero attached hydrogens (tertiary/aromatic N) is 1. The van der Waals surface area contributed by atoms with E-state index in [0.29, 0.717) is 16.3 Å². The molecule has 1 aromatic heterocycles. The number of amides is 1. The van der Waals surface area contributed by atoms with Crippen molar-refractivity contribution in [1.82, 2.24) is 0 Å². The SMILES string of the molecule is Cc1occc1C(=O)N1CCCc2cc(Cl)ccc21. The van der Waals surface area contributed by atoms with Crippen LogP contribution in [0.3, 0.4) is 0 Å². The molecule has 0 atom stereocenters. The zero-order valence-corrected chi connectivity index (χ0v) is 11.4. The molecule has 3 nitrogen and oxygen atoms in total. The summed E-state index contributed by atoms with van der Waals surface area (Å²) < 4.78 is 5.21. The van der Waals surface area contributed by atoms with Crippen molar-refractivity contribution in [3.05, 3.63) is 52.4 Å². The molecule has 4 heteroatoms. The minimum absolute atomic E-state index is 0.00507. The summed E-state index contributed by atoms with van der Waals surface area (Å²) in [6, 6.07) is 7.42. The molecule has 1 amide bonds. The molecule has 3 rings (SSSR count). The van der Waals surface area contributed by atoms with Crippen LogP contribution >= 0.6 is 11.6 Å². The normalized spacial score (nSPS) is 14.3. The van der Waals surface area contributed by atoms with Crippen LogP contribution in [0.2, 0.25) is 5.02 Å². The van der Waals surface area contributed by atoms with Gasteiger partial charge in [-0.25, -0.2) is 0 Å². The number of carbonyl (C=O) groups is 1. The zero-order chi connectivity index (χ0) is 13.4. The maximum atomic E-state index is 12.6. The average molecular weight is 276 g/mol. The fraction of sp³-hybridized carbons (Fsp3) is 0.267. The average Bonchev–Trinajstić information content (AvgIpc) is 2.83. The third-order valence-electron chi connectivity index (χ3n) is 3.49. The van der Waals surface area contributed by atoms with E-state index in [4.69, 9.17) is 16.0 Å². The largest absolute Gasteiger partial charge is 0.469 e. The highest BCUT2D eigenvalue weighted by molar-refractivity contribution is 6.30. The number of fused-ring (bicyclic) bond motifs is 1. The second-order valence-corrected chi connectivity index (χ2v) is 5.16. The van der Waals surface area contributed by atoms with E-state index in [1.54, 1.807) is 19.3 Å². The third-order valence-corrected chi connectivity index (χ3v) is 3.73. The van der Waals surface area contributed by atoms with E-state index in [9.17, 15) is 4.79 Å². The summed E-state index contributed by atoms with van der Waals surface area (Å²) >= 11 is 6.01. The van der Waals surface area contributed by atoms with Crippen LogP contribution < -0.4 is 4.90 Å². The highest BCUT2D eigenvalue weighted by Gasteiger charge is 2.25. The zero-order valence-electron chi connectivity index (χ0n) is 10.6. The van der Waals surface area contributed by atoms with Crippen molar-refractivity contribution in [3.63, 3.8) is 0 Å². The van der Waals surface area contributed by atoms with Crippen molar-refractivity contribution in [3.8, 4) is 0 Å². The van der Waals surface area contributed by atoms with Crippen LogP contribution in [0, 0.1) is 6.92 Å². The summed E-state index contributed by atoms with van der Waals surface area (Å²) in [5.74, 6) is 0.653. The van der Waals surface area contributed by atoms with E-state index in [2.05, 4.69) is 0 Å². The summed E-state index contributed by atoms with van der Waals surface area (Å²) in [5, 5.41) is 0.715. The van der Waals surface area contributed by atoms with Gasteiger partial charge in [0, 0.05) is 17.3 Å². The van der Waals surface area contributed by atoms with Gasteiger partial charge in [-0.3, -0.25) is 4.79 Å². The first kappa shape index (κ1) is 12.3. The maximum absolute atomic E-state index is 12.6. The Morgan fingerprint density at radius 2 is 2.21 bits per heavy atom. The van der Waals surface area contributed by atoms with Crippen molar-refractivity contribution in [2.45, 2.75) is 19.8 Å². The van der Waals surface area contributed by atoms with E-state index < -0.39 is 0 Å². The monoisotopic (exact) mass is 275 g/mol. The van der Waals surface area contributed by atoms with Crippen LogP contribution in [0.5, 0.6) is 0 Å². The van der Waals surface area contributed by atoms with Gasteiger partial charge in [-0.05, 0) is 49.6 Å². The number of carbonyl (C=O) groups excluding carboxylic acids is 1. The molecule has 19 heavy (non-hydrogen) atoms. The van der Waals surface area contributed by atoms with E-state index in [-0.39, 0.29) is 5.91 Å². The number of benzene rings is 1. The Balaban J connectivity index is 2.00. The molecule has 0 bridgehead atoms. The fourth-order valence-electron chi connectivity index (χ4n) is 2.53. The lowest BCUT2D eigenvalue weighted by atomic mass is 10.0. The topological polar surface area (TPSA) is 33.5 Å². The van der Waals surface area contributed by atoms with Crippen molar-refractivity contribution < 1.29 is 9.21 Å². The first-order chi connectivity index (χ1) is 9.16. The van der Waals surface area contributed by atoms with Gasteiger partial charge in [-0.15, -0.1) is 0 Å². The first-order valence-electron chi connectivity index (χ1n) is 6.31. The van der Waals surface area contributed by atoms with Crippen molar-refractivity contribution in [2.75, 3.05) is 11.4 Å². The van der Waals surface area contributed by atoms with E-state index in [1.807, 2.05) is 23.1 Å². The predicted octanol–water partition coefficient (Wildman–Crippen LogP) is 3.83. The Kier molecular flexibility index (Phi) is 3.07. The lowest BCUT2D eigenvalue weighted by Crippen LogP contribution is -2.35. The Labute approximate surface area is 116 Å². The van der Waals surface area contributed by atoms with Gasteiger partial charge in [0.15, 0.2) is 0 Å². The molecule has 1 aliphatic heterocycles. The fourth-order valence-corrected chi connectivity index (χ4v) is 2.72. The van der Waals surface area contributed by atoms with Crippen LogP contribution in [0.4, 0.5) is 5.69 Å². The standard InChI is InChI=1S/C15H14ClNO2/c1-10-13(6-8-19-10)15(18)17-7-2-3-11-9-12(16)4-5-14(11)17/h4-6,8-9H,2-3,7H2,1H3. The van der Waals surface area contributed by atoms with Gasteiger partial charge in [0.2, 0.25) is 0 Å². The van der Waals surface area contributed by atoms with E-state index in [0.717, 1.165) is 30.6 Å². The van der Waals surface area contributed by atoms with E-state index >= 15 is 0 Å². The van der Waals surface area contributed by atoms with Gasteiger partial charge in [0.25, 0.3) is 5.91 Å². The van der Waals surface area contributed by atoms with Gasteiger partial charge < -0.3 is 9.32 Å². The van der Waals surface area contributed by atoms with Gasteiger partial charge in [0.05, 0.1) is 11.8 Å². The second-order valence-electron chi connectivity index (χ2n) is 4.72. The minimum atomic E-state index is -0.00507. The van der Waals surface area contributed by atoms with Gasteiger partial charge in [0.1, 0.15) is 5.76 Å². The smallest absolute Gasteiger partial charge is 0.261 e.